The zero-order valence-electron chi connectivity index (χ0n) is 17.6. The van der Waals surface area contributed by atoms with Gasteiger partial charge in [0.25, 0.3) is 0 Å². The van der Waals surface area contributed by atoms with Gasteiger partial charge in [-0.3, -0.25) is 4.99 Å². The highest BCUT2D eigenvalue weighted by Gasteiger charge is 2.09. The predicted octanol–water partition coefficient (Wildman–Crippen LogP) is 4.86. The molecule has 2 N–H and O–H groups in total. The number of oxazole rings is 1. The van der Waals surface area contributed by atoms with Gasteiger partial charge in [0.2, 0.25) is 5.89 Å². The van der Waals surface area contributed by atoms with Gasteiger partial charge in [-0.15, -0.1) is 24.0 Å². The van der Waals surface area contributed by atoms with Gasteiger partial charge in [0.05, 0.1) is 26.0 Å². The molecule has 0 amide bonds. The second-order valence-corrected chi connectivity index (χ2v) is 6.36. The Bertz CT molecular complexity index is 971. The van der Waals surface area contributed by atoms with Crippen LogP contribution in [0.15, 0.2) is 58.1 Å². The molecule has 0 bridgehead atoms. The van der Waals surface area contributed by atoms with Crippen LogP contribution in [0.2, 0.25) is 0 Å². The van der Waals surface area contributed by atoms with Gasteiger partial charge in [-0.1, -0.05) is 17.7 Å². The molecule has 0 aliphatic carbocycles. The Morgan fingerprint density at radius 2 is 1.90 bits per heavy atom. The van der Waals surface area contributed by atoms with Gasteiger partial charge in [0, 0.05) is 24.4 Å². The van der Waals surface area contributed by atoms with Crippen LogP contribution in [-0.2, 0) is 6.54 Å². The average Bonchev–Trinajstić information content (AvgIpc) is 3.21. The number of aryl methyl sites for hydroxylation is 1. The first-order valence-electron chi connectivity index (χ1n) is 9.43. The van der Waals surface area contributed by atoms with Crippen molar-refractivity contribution in [1.82, 2.24) is 10.3 Å². The van der Waals surface area contributed by atoms with Crippen molar-refractivity contribution >= 4 is 35.6 Å². The lowest BCUT2D eigenvalue weighted by Gasteiger charge is -2.14. The maximum Gasteiger partial charge on any atom is 0.226 e. The number of hydrogen-bond acceptors (Lipinski definition) is 5. The summed E-state index contributed by atoms with van der Waals surface area (Å²) in [5, 5.41) is 6.47. The van der Waals surface area contributed by atoms with E-state index in [9.17, 15) is 0 Å². The molecule has 1 aromatic heterocycles. The van der Waals surface area contributed by atoms with Crippen LogP contribution in [0.4, 0.5) is 5.69 Å². The molecule has 0 spiro atoms. The van der Waals surface area contributed by atoms with Crippen LogP contribution in [0.5, 0.6) is 11.5 Å². The minimum Gasteiger partial charge on any atom is -0.493 e. The number of guanidine groups is 1. The lowest BCUT2D eigenvalue weighted by atomic mass is 10.1. The molecule has 0 radical (unpaired) electrons. The van der Waals surface area contributed by atoms with E-state index in [2.05, 4.69) is 20.6 Å². The van der Waals surface area contributed by atoms with Gasteiger partial charge in [0.1, 0.15) is 6.26 Å². The van der Waals surface area contributed by atoms with Gasteiger partial charge in [-0.25, -0.2) is 4.98 Å². The molecular weight excluding hydrogens is 495 g/mol. The highest BCUT2D eigenvalue weighted by atomic mass is 127. The minimum atomic E-state index is 0. The SMILES string of the molecule is CCOc1cc(NC(=NC)NCc2coc(-c3ccc(C)cc3)n2)ccc1OC.I. The molecule has 160 valence electrons. The fourth-order valence-electron chi connectivity index (χ4n) is 2.73. The van der Waals surface area contributed by atoms with Crippen LogP contribution in [0, 0.1) is 6.92 Å². The molecule has 0 fully saturated rings. The van der Waals surface area contributed by atoms with Crippen LogP contribution in [0.25, 0.3) is 11.5 Å². The van der Waals surface area contributed by atoms with Crippen molar-refractivity contribution < 1.29 is 13.9 Å². The number of nitrogens with one attached hydrogen (secondary N) is 2. The fraction of sp³-hybridized carbons (Fsp3) is 0.273. The summed E-state index contributed by atoms with van der Waals surface area (Å²) in [6.45, 7) is 5.02. The Labute approximate surface area is 193 Å². The van der Waals surface area contributed by atoms with Crippen molar-refractivity contribution in [1.29, 1.82) is 0 Å². The molecule has 3 aromatic rings. The molecule has 3 rings (SSSR count). The number of aliphatic imine (C=N–C) groups is 1. The third kappa shape index (κ3) is 6.12. The first-order chi connectivity index (χ1) is 14.1. The Morgan fingerprint density at radius 1 is 1.13 bits per heavy atom. The van der Waals surface area contributed by atoms with Crippen LogP contribution in [0.1, 0.15) is 18.2 Å². The third-order valence-corrected chi connectivity index (χ3v) is 4.24. The lowest BCUT2D eigenvalue weighted by molar-refractivity contribution is 0.311. The monoisotopic (exact) mass is 522 g/mol. The van der Waals surface area contributed by atoms with Crippen LogP contribution < -0.4 is 20.1 Å². The number of nitrogens with zero attached hydrogens (tertiary/aromatic N) is 2. The van der Waals surface area contributed by atoms with E-state index in [1.165, 1.54) is 5.56 Å². The molecule has 1 heterocycles. The zero-order chi connectivity index (χ0) is 20.6. The number of benzene rings is 2. The Balaban J connectivity index is 0.00000320. The van der Waals surface area contributed by atoms with E-state index in [0.29, 0.717) is 36.5 Å². The molecule has 7 nitrogen and oxygen atoms in total. The highest BCUT2D eigenvalue weighted by molar-refractivity contribution is 14.0. The molecule has 8 heteroatoms. The van der Waals surface area contributed by atoms with Crippen molar-refractivity contribution in [2.75, 3.05) is 26.1 Å². The normalized spacial score (nSPS) is 10.9. The van der Waals surface area contributed by atoms with Crippen LogP contribution in [-0.4, -0.2) is 31.7 Å². The number of anilines is 1. The Kier molecular flexibility index (Phi) is 8.97. The average molecular weight is 522 g/mol. The number of hydrogen-bond donors (Lipinski definition) is 2. The summed E-state index contributed by atoms with van der Waals surface area (Å²) in [5.74, 6) is 2.57. The summed E-state index contributed by atoms with van der Waals surface area (Å²) in [4.78, 5) is 8.79. The van der Waals surface area contributed by atoms with Gasteiger partial charge in [0.15, 0.2) is 17.5 Å². The number of ether oxygens (including phenoxy) is 2. The van der Waals surface area contributed by atoms with Crippen molar-refractivity contribution in [3.8, 4) is 23.0 Å². The van der Waals surface area contributed by atoms with Crippen LogP contribution in [0.3, 0.4) is 0 Å². The summed E-state index contributed by atoms with van der Waals surface area (Å²) in [5.41, 5.74) is 3.77. The topological polar surface area (TPSA) is 80.9 Å². The quantitative estimate of drug-likeness (QED) is 0.262. The molecule has 30 heavy (non-hydrogen) atoms. The first-order valence-corrected chi connectivity index (χ1v) is 9.43. The molecule has 0 saturated carbocycles. The van der Waals surface area contributed by atoms with E-state index in [-0.39, 0.29) is 24.0 Å². The maximum absolute atomic E-state index is 5.62. The van der Waals surface area contributed by atoms with Crippen molar-refractivity contribution in [2.24, 2.45) is 4.99 Å². The summed E-state index contributed by atoms with van der Waals surface area (Å²) >= 11 is 0. The number of rotatable bonds is 7. The predicted molar refractivity (Wildman–Crippen MR) is 130 cm³/mol. The molecule has 0 aliphatic rings. The Morgan fingerprint density at radius 3 is 2.57 bits per heavy atom. The first kappa shape index (κ1) is 23.5. The maximum atomic E-state index is 5.62. The summed E-state index contributed by atoms with van der Waals surface area (Å²) in [6.07, 6.45) is 1.65. The molecule has 0 aliphatic heterocycles. The van der Waals surface area contributed by atoms with E-state index in [4.69, 9.17) is 13.9 Å². The van der Waals surface area contributed by atoms with E-state index < -0.39 is 0 Å². The molecule has 0 atom stereocenters. The molecule has 0 unspecified atom stereocenters. The van der Waals surface area contributed by atoms with E-state index in [0.717, 1.165) is 16.9 Å². The summed E-state index contributed by atoms with van der Waals surface area (Å²) in [7, 11) is 3.33. The van der Waals surface area contributed by atoms with Crippen molar-refractivity contribution in [3.05, 3.63) is 60.0 Å². The third-order valence-electron chi connectivity index (χ3n) is 4.24. The largest absolute Gasteiger partial charge is 0.493 e. The van der Waals surface area contributed by atoms with Gasteiger partial charge in [-0.2, -0.15) is 0 Å². The Hall–Kier alpha value is -2.75. The number of halogens is 1. The number of methoxy groups -OCH3 is 1. The molecule has 0 saturated heterocycles. The fourth-order valence-corrected chi connectivity index (χ4v) is 2.73. The summed E-state index contributed by atoms with van der Waals surface area (Å²) < 4.78 is 16.5. The van der Waals surface area contributed by atoms with Gasteiger partial charge >= 0.3 is 0 Å². The van der Waals surface area contributed by atoms with Crippen molar-refractivity contribution in [3.63, 3.8) is 0 Å². The second-order valence-electron chi connectivity index (χ2n) is 6.36. The van der Waals surface area contributed by atoms with Crippen molar-refractivity contribution in [2.45, 2.75) is 20.4 Å². The smallest absolute Gasteiger partial charge is 0.226 e. The standard InChI is InChI=1S/C22H26N4O3.HI/c1-5-28-20-12-17(10-11-19(20)27-4)26-22(23-3)24-13-18-14-29-21(25-18)16-8-6-15(2)7-9-16;/h6-12,14H,5,13H2,1-4H3,(H2,23,24,26);1H. The van der Waals surface area contributed by atoms with Crippen LogP contribution >= 0.6 is 24.0 Å². The van der Waals surface area contributed by atoms with Gasteiger partial charge in [-0.05, 0) is 38.1 Å². The van der Waals surface area contributed by atoms with E-state index in [1.54, 1.807) is 20.4 Å². The highest BCUT2D eigenvalue weighted by Crippen LogP contribution is 2.30. The second kappa shape index (κ2) is 11.4. The van der Waals surface area contributed by atoms with E-state index >= 15 is 0 Å². The number of aromatic nitrogens is 1. The molecule has 2 aromatic carbocycles. The minimum absolute atomic E-state index is 0. The zero-order valence-corrected chi connectivity index (χ0v) is 19.9. The van der Waals surface area contributed by atoms with E-state index in [1.807, 2.05) is 56.3 Å². The summed E-state index contributed by atoms with van der Waals surface area (Å²) in [6, 6.07) is 13.7. The molecular formula is C22H27IN4O3. The lowest BCUT2D eigenvalue weighted by Crippen LogP contribution is -2.30. The van der Waals surface area contributed by atoms with Gasteiger partial charge < -0.3 is 24.5 Å².